The highest BCUT2D eigenvalue weighted by atomic mass is 79.9. The van der Waals surface area contributed by atoms with Crippen LogP contribution in [0.15, 0.2) is 21.1 Å². The van der Waals surface area contributed by atoms with Gasteiger partial charge in [0.15, 0.2) is 0 Å². The maximum absolute atomic E-state index is 7.65. The Morgan fingerprint density at radius 3 is 2.27 bits per heavy atom. The maximum atomic E-state index is 7.65. The van der Waals surface area contributed by atoms with Crippen LogP contribution in [0.3, 0.4) is 0 Å². The molecule has 0 saturated carbocycles. The van der Waals surface area contributed by atoms with Gasteiger partial charge in [0.25, 0.3) is 0 Å². The lowest BCUT2D eigenvalue weighted by atomic mass is 10.2. The van der Waals surface area contributed by atoms with E-state index in [4.69, 9.17) is 14.9 Å². The van der Waals surface area contributed by atoms with E-state index in [0.29, 0.717) is 17.9 Å². The van der Waals surface area contributed by atoms with Gasteiger partial charge in [0.1, 0.15) is 5.75 Å². The summed E-state index contributed by atoms with van der Waals surface area (Å²) in [6.45, 7) is 2.34. The molecule has 0 radical (unpaired) electrons. The molecule has 0 heterocycles. The van der Waals surface area contributed by atoms with Gasteiger partial charge in [0.05, 0.1) is 22.7 Å². The van der Waals surface area contributed by atoms with E-state index in [-0.39, 0.29) is 5.90 Å². The van der Waals surface area contributed by atoms with Crippen molar-refractivity contribution in [2.75, 3.05) is 13.7 Å². The predicted octanol–water partition coefficient (Wildman–Crippen LogP) is 3.58. The van der Waals surface area contributed by atoms with Gasteiger partial charge in [-0.3, -0.25) is 5.41 Å². The van der Waals surface area contributed by atoms with Gasteiger partial charge >= 0.3 is 0 Å². The quantitative estimate of drug-likeness (QED) is 0.677. The van der Waals surface area contributed by atoms with Crippen LogP contribution in [0.25, 0.3) is 0 Å². The Balaban J connectivity index is 3.08. The van der Waals surface area contributed by atoms with Gasteiger partial charge in [0, 0.05) is 5.56 Å². The first kappa shape index (κ1) is 12.5. The van der Waals surface area contributed by atoms with Crippen molar-refractivity contribution in [3.8, 4) is 5.75 Å². The zero-order chi connectivity index (χ0) is 11.4. The van der Waals surface area contributed by atoms with Crippen LogP contribution >= 0.6 is 31.9 Å². The smallest absolute Gasteiger partial charge is 0.213 e. The second kappa shape index (κ2) is 5.51. The largest absolute Gasteiger partial charge is 0.494 e. The van der Waals surface area contributed by atoms with Crippen LogP contribution in [-0.2, 0) is 4.74 Å². The lowest BCUT2D eigenvalue weighted by molar-refractivity contribution is 0.325. The van der Waals surface area contributed by atoms with Crippen LogP contribution in [-0.4, -0.2) is 19.6 Å². The minimum atomic E-state index is 0.154. The second-order valence-electron chi connectivity index (χ2n) is 2.74. The summed E-state index contributed by atoms with van der Waals surface area (Å²) >= 11 is 6.74. The zero-order valence-corrected chi connectivity index (χ0v) is 11.6. The Kier molecular flexibility index (Phi) is 4.60. The molecule has 15 heavy (non-hydrogen) atoms. The van der Waals surface area contributed by atoms with Crippen molar-refractivity contribution in [1.29, 1.82) is 5.41 Å². The van der Waals surface area contributed by atoms with Gasteiger partial charge in [-0.15, -0.1) is 0 Å². The highest BCUT2D eigenvalue weighted by Crippen LogP contribution is 2.34. The van der Waals surface area contributed by atoms with Crippen molar-refractivity contribution in [2.45, 2.75) is 6.92 Å². The van der Waals surface area contributed by atoms with Crippen molar-refractivity contribution in [3.05, 3.63) is 26.6 Å². The Bertz CT molecular complexity index is 357. The van der Waals surface area contributed by atoms with Crippen LogP contribution in [0.5, 0.6) is 5.75 Å². The highest BCUT2D eigenvalue weighted by Gasteiger charge is 2.10. The first-order valence-corrected chi connectivity index (χ1v) is 5.93. The molecule has 0 bridgehead atoms. The number of hydrogen-bond donors (Lipinski definition) is 1. The Labute approximate surface area is 106 Å². The molecule has 0 aliphatic carbocycles. The summed E-state index contributed by atoms with van der Waals surface area (Å²) in [6.07, 6.45) is 0. The average Bonchev–Trinajstić information content (AvgIpc) is 2.17. The fraction of sp³-hybridized carbons (Fsp3) is 0.300. The van der Waals surface area contributed by atoms with Crippen molar-refractivity contribution >= 4 is 37.8 Å². The molecule has 0 saturated heterocycles. The van der Waals surface area contributed by atoms with E-state index in [0.717, 1.165) is 8.95 Å². The summed E-state index contributed by atoms with van der Waals surface area (Å²) in [6, 6.07) is 3.59. The van der Waals surface area contributed by atoms with E-state index in [2.05, 4.69) is 31.9 Å². The molecular formula is C10H11Br2NO2. The molecule has 0 aliphatic heterocycles. The van der Waals surface area contributed by atoms with Crippen molar-refractivity contribution in [1.82, 2.24) is 0 Å². The third-order valence-electron chi connectivity index (χ3n) is 1.75. The third kappa shape index (κ3) is 2.95. The van der Waals surface area contributed by atoms with Crippen LogP contribution in [0.1, 0.15) is 12.5 Å². The molecular weight excluding hydrogens is 326 g/mol. The van der Waals surface area contributed by atoms with E-state index >= 15 is 0 Å². The molecule has 0 amide bonds. The molecule has 82 valence electrons. The number of ether oxygens (including phenoxy) is 2. The molecule has 1 N–H and O–H groups in total. The standard InChI is InChI=1S/C10H11Br2NO2/c1-3-15-10(13)6-4-7(11)9(14-2)8(12)5-6/h4-5,13H,3H2,1-2H3. The molecule has 5 heteroatoms. The van der Waals surface area contributed by atoms with Crippen LogP contribution in [0, 0.1) is 5.41 Å². The van der Waals surface area contributed by atoms with E-state index in [1.165, 1.54) is 0 Å². The van der Waals surface area contributed by atoms with Crippen LogP contribution < -0.4 is 4.74 Å². The fourth-order valence-corrected chi connectivity index (χ4v) is 2.62. The summed E-state index contributed by atoms with van der Waals surface area (Å²) in [4.78, 5) is 0. The normalized spacial score (nSPS) is 9.87. The summed E-state index contributed by atoms with van der Waals surface area (Å²) in [5.41, 5.74) is 0.705. The Morgan fingerprint density at radius 2 is 1.87 bits per heavy atom. The van der Waals surface area contributed by atoms with Crippen molar-refractivity contribution in [3.63, 3.8) is 0 Å². The van der Waals surface area contributed by atoms with Crippen LogP contribution in [0.2, 0.25) is 0 Å². The van der Waals surface area contributed by atoms with Gasteiger partial charge < -0.3 is 9.47 Å². The number of hydrogen-bond acceptors (Lipinski definition) is 3. The summed E-state index contributed by atoms with van der Waals surface area (Å²) in [5, 5.41) is 7.65. The summed E-state index contributed by atoms with van der Waals surface area (Å²) < 4.78 is 11.9. The monoisotopic (exact) mass is 335 g/mol. The first-order valence-electron chi connectivity index (χ1n) is 4.34. The van der Waals surface area contributed by atoms with Crippen molar-refractivity contribution in [2.24, 2.45) is 0 Å². The molecule has 0 spiro atoms. The molecule has 0 aromatic heterocycles. The van der Waals surface area contributed by atoms with E-state index in [9.17, 15) is 0 Å². The summed E-state index contributed by atoms with van der Waals surface area (Å²) in [5.74, 6) is 0.865. The molecule has 0 atom stereocenters. The predicted molar refractivity (Wildman–Crippen MR) is 66.8 cm³/mol. The molecule has 3 nitrogen and oxygen atoms in total. The van der Waals surface area contributed by atoms with E-state index in [1.807, 2.05) is 6.92 Å². The molecule has 1 rings (SSSR count). The molecule has 0 fully saturated rings. The first-order chi connectivity index (χ1) is 7.10. The minimum Gasteiger partial charge on any atom is -0.494 e. The van der Waals surface area contributed by atoms with Gasteiger partial charge in [-0.2, -0.15) is 0 Å². The topological polar surface area (TPSA) is 42.3 Å². The lowest BCUT2D eigenvalue weighted by Crippen LogP contribution is -2.05. The molecule has 0 aliphatic rings. The number of rotatable bonds is 3. The summed E-state index contributed by atoms with van der Waals surface area (Å²) in [7, 11) is 1.60. The van der Waals surface area contributed by atoms with Crippen molar-refractivity contribution < 1.29 is 9.47 Å². The van der Waals surface area contributed by atoms with Gasteiger partial charge in [0.2, 0.25) is 5.90 Å². The Morgan fingerprint density at radius 1 is 1.33 bits per heavy atom. The van der Waals surface area contributed by atoms with Gasteiger partial charge in [-0.1, -0.05) is 0 Å². The second-order valence-corrected chi connectivity index (χ2v) is 4.44. The minimum absolute atomic E-state index is 0.154. The highest BCUT2D eigenvalue weighted by molar-refractivity contribution is 9.11. The third-order valence-corrected chi connectivity index (χ3v) is 2.93. The Hall–Kier alpha value is -0.550. The number of halogens is 2. The van der Waals surface area contributed by atoms with E-state index < -0.39 is 0 Å². The fourth-order valence-electron chi connectivity index (χ4n) is 1.11. The van der Waals surface area contributed by atoms with Gasteiger partial charge in [-0.05, 0) is 50.9 Å². The lowest BCUT2D eigenvalue weighted by Gasteiger charge is -2.10. The SMILES string of the molecule is CCOC(=N)c1cc(Br)c(OC)c(Br)c1. The number of nitrogens with one attached hydrogen (secondary N) is 1. The van der Waals surface area contributed by atoms with E-state index in [1.54, 1.807) is 19.2 Å². The average molecular weight is 337 g/mol. The number of benzene rings is 1. The molecule has 1 aromatic rings. The molecule has 1 aromatic carbocycles. The zero-order valence-electron chi connectivity index (χ0n) is 8.43. The van der Waals surface area contributed by atoms with Gasteiger partial charge in [-0.25, -0.2) is 0 Å². The van der Waals surface area contributed by atoms with Crippen LogP contribution in [0.4, 0.5) is 0 Å². The maximum Gasteiger partial charge on any atom is 0.213 e. The molecule has 0 unspecified atom stereocenters. The number of methoxy groups -OCH3 is 1.